The summed E-state index contributed by atoms with van der Waals surface area (Å²) in [5.74, 6) is 1.67. The molecule has 0 unspecified atom stereocenters. The van der Waals surface area contributed by atoms with Crippen LogP contribution in [0.2, 0.25) is 0 Å². The molecular formula is C26H30N2O4S. The van der Waals surface area contributed by atoms with Gasteiger partial charge in [-0.3, -0.25) is 4.72 Å². The average molecular weight is 467 g/mol. The number of hydrogen-bond donors (Lipinski definition) is 2. The molecular weight excluding hydrogens is 436 g/mol. The molecule has 6 nitrogen and oxygen atoms in total. The van der Waals surface area contributed by atoms with E-state index in [1.165, 1.54) is 5.56 Å². The number of benzene rings is 3. The number of para-hydroxylation sites is 1. The van der Waals surface area contributed by atoms with E-state index in [0.717, 1.165) is 36.4 Å². The summed E-state index contributed by atoms with van der Waals surface area (Å²) in [7, 11) is -3.60. The van der Waals surface area contributed by atoms with Gasteiger partial charge in [-0.15, -0.1) is 0 Å². The van der Waals surface area contributed by atoms with Crippen molar-refractivity contribution >= 4 is 15.7 Å². The van der Waals surface area contributed by atoms with E-state index >= 15 is 0 Å². The predicted molar refractivity (Wildman–Crippen MR) is 130 cm³/mol. The SMILES string of the molecule is CC1(C)Cc2cccc(OCCCNCc3cccc(NS(=O)(=O)c4ccccc4)c3)c2O1. The number of sulfonamides is 1. The van der Waals surface area contributed by atoms with Gasteiger partial charge in [0.1, 0.15) is 5.60 Å². The number of fused-ring (bicyclic) bond motifs is 1. The third kappa shape index (κ3) is 6.06. The normalized spacial score (nSPS) is 14.4. The lowest BCUT2D eigenvalue weighted by molar-refractivity contribution is 0.132. The van der Waals surface area contributed by atoms with Crippen molar-refractivity contribution in [2.24, 2.45) is 0 Å². The van der Waals surface area contributed by atoms with Crippen LogP contribution in [0, 0.1) is 0 Å². The Kier molecular flexibility index (Phi) is 6.91. The standard InChI is InChI=1S/C26H30N2O4S/c1-26(2)18-21-10-7-14-24(25(21)32-26)31-16-8-15-27-19-20-9-6-11-22(17-20)28-33(29,30)23-12-4-3-5-13-23/h3-7,9-14,17,27-28H,8,15-16,18-19H2,1-2H3. The maximum atomic E-state index is 12.5. The van der Waals surface area contributed by atoms with Crippen LogP contribution in [-0.2, 0) is 23.0 Å². The molecule has 0 saturated carbocycles. The van der Waals surface area contributed by atoms with Crippen LogP contribution in [-0.4, -0.2) is 27.2 Å². The van der Waals surface area contributed by atoms with Gasteiger partial charge in [0, 0.05) is 24.2 Å². The summed E-state index contributed by atoms with van der Waals surface area (Å²) in [6, 6.07) is 21.8. The molecule has 1 aliphatic heterocycles. The largest absolute Gasteiger partial charge is 0.490 e. The molecule has 0 saturated heterocycles. The van der Waals surface area contributed by atoms with Gasteiger partial charge in [-0.05, 0) is 62.7 Å². The zero-order valence-corrected chi connectivity index (χ0v) is 19.8. The topological polar surface area (TPSA) is 76.7 Å². The van der Waals surface area contributed by atoms with Crippen LogP contribution in [0.3, 0.4) is 0 Å². The number of ether oxygens (including phenoxy) is 2. The fourth-order valence-electron chi connectivity index (χ4n) is 3.87. The van der Waals surface area contributed by atoms with Crippen molar-refractivity contribution < 1.29 is 17.9 Å². The van der Waals surface area contributed by atoms with Crippen LogP contribution in [0.5, 0.6) is 11.5 Å². The Morgan fingerprint density at radius 3 is 2.61 bits per heavy atom. The first kappa shape index (κ1) is 23.1. The summed E-state index contributed by atoms with van der Waals surface area (Å²) < 4.78 is 39.7. The first-order valence-corrected chi connectivity index (χ1v) is 12.6. The Morgan fingerprint density at radius 2 is 1.79 bits per heavy atom. The highest BCUT2D eigenvalue weighted by Crippen LogP contribution is 2.41. The van der Waals surface area contributed by atoms with Gasteiger partial charge in [-0.1, -0.05) is 42.5 Å². The van der Waals surface area contributed by atoms with Gasteiger partial charge in [-0.25, -0.2) is 8.42 Å². The Morgan fingerprint density at radius 1 is 1.00 bits per heavy atom. The van der Waals surface area contributed by atoms with Gasteiger partial charge in [0.2, 0.25) is 0 Å². The summed E-state index contributed by atoms with van der Waals surface area (Å²) in [6.45, 7) is 6.18. The van der Waals surface area contributed by atoms with Crippen LogP contribution >= 0.6 is 0 Å². The molecule has 0 aromatic heterocycles. The quantitative estimate of drug-likeness (QED) is 0.421. The molecule has 2 N–H and O–H groups in total. The van der Waals surface area contributed by atoms with Crippen LogP contribution in [0.1, 0.15) is 31.4 Å². The number of nitrogens with one attached hydrogen (secondary N) is 2. The van der Waals surface area contributed by atoms with Gasteiger partial charge in [0.25, 0.3) is 10.0 Å². The highest BCUT2D eigenvalue weighted by molar-refractivity contribution is 7.92. The van der Waals surface area contributed by atoms with Crippen molar-refractivity contribution in [1.82, 2.24) is 5.32 Å². The van der Waals surface area contributed by atoms with Gasteiger partial charge in [0.15, 0.2) is 11.5 Å². The zero-order valence-electron chi connectivity index (χ0n) is 19.0. The van der Waals surface area contributed by atoms with E-state index in [9.17, 15) is 8.42 Å². The van der Waals surface area contributed by atoms with Crippen LogP contribution in [0.4, 0.5) is 5.69 Å². The van der Waals surface area contributed by atoms with Gasteiger partial charge in [-0.2, -0.15) is 0 Å². The van der Waals surface area contributed by atoms with E-state index in [0.29, 0.717) is 18.8 Å². The van der Waals surface area contributed by atoms with Crippen molar-refractivity contribution in [3.05, 3.63) is 83.9 Å². The van der Waals surface area contributed by atoms with Crippen LogP contribution in [0.15, 0.2) is 77.7 Å². The van der Waals surface area contributed by atoms with Gasteiger partial charge < -0.3 is 14.8 Å². The van der Waals surface area contributed by atoms with Crippen LogP contribution in [0.25, 0.3) is 0 Å². The molecule has 0 atom stereocenters. The summed E-state index contributed by atoms with van der Waals surface area (Å²) in [5.41, 5.74) is 2.55. The fourth-order valence-corrected chi connectivity index (χ4v) is 4.94. The van der Waals surface area contributed by atoms with E-state index in [-0.39, 0.29) is 10.5 Å². The minimum atomic E-state index is -3.60. The van der Waals surface area contributed by atoms with E-state index in [4.69, 9.17) is 9.47 Å². The average Bonchev–Trinajstić information content (AvgIpc) is 3.11. The molecule has 174 valence electrons. The number of hydrogen-bond acceptors (Lipinski definition) is 5. The monoisotopic (exact) mass is 466 g/mol. The van der Waals surface area contributed by atoms with Gasteiger partial charge in [0.05, 0.1) is 11.5 Å². The van der Waals surface area contributed by atoms with Crippen molar-refractivity contribution in [2.75, 3.05) is 17.9 Å². The molecule has 0 aliphatic carbocycles. The summed E-state index contributed by atoms with van der Waals surface area (Å²) in [6.07, 6.45) is 1.73. The Labute approximate surface area is 196 Å². The molecule has 3 aromatic rings. The molecule has 0 fully saturated rings. The highest BCUT2D eigenvalue weighted by Gasteiger charge is 2.32. The van der Waals surface area contributed by atoms with E-state index in [2.05, 4.69) is 30.0 Å². The summed E-state index contributed by atoms with van der Waals surface area (Å²) in [5, 5.41) is 3.39. The van der Waals surface area contributed by atoms with Crippen molar-refractivity contribution in [1.29, 1.82) is 0 Å². The predicted octanol–water partition coefficient (Wildman–Crippen LogP) is 4.76. The third-order valence-electron chi connectivity index (χ3n) is 5.37. The summed E-state index contributed by atoms with van der Waals surface area (Å²) >= 11 is 0. The number of anilines is 1. The minimum Gasteiger partial charge on any atom is -0.490 e. The van der Waals surface area contributed by atoms with Gasteiger partial charge >= 0.3 is 0 Å². The maximum absolute atomic E-state index is 12.5. The first-order chi connectivity index (χ1) is 15.8. The fraction of sp³-hybridized carbons (Fsp3) is 0.308. The summed E-state index contributed by atoms with van der Waals surface area (Å²) in [4.78, 5) is 0.242. The molecule has 3 aromatic carbocycles. The third-order valence-corrected chi connectivity index (χ3v) is 6.77. The molecule has 0 spiro atoms. The molecule has 7 heteroatoms. The lowest BCUT2D eigenvalue weighted by Gasteiger charge is -2.18. The Balaban J connectivity index is 1.23. The van der Waals surface area contributed by atoms with E-state index in [1.807, 2.05) is 30.3 Å². The molecule has 0 bridgehead atoms. The van der Waals surface area contributed by atoms with Crippen molar-refractivity contribution in [3.8, 4) is 11.5 Å². The van der Waals surface area contributed by atoms with Crippen molar-refractivity contribution in [3.63, 3.8) is 0 Å². The van der Waals surface area contributed by atoms with Crippen molar-refractivity contribution in [2.45, 2.75) is 43.7 Å². The molecule has 1 heterocycles. The molecule has 0 radical (unpaired) electrons. The van der Waals surface area contributed by atoms with Crippen LogP contribution < -0.4 is 19.5 Å². The Bertz CT molecular complexity index is 1190. The molecule has 4 rings (SSSR count). The Hall–Kier alpha value is -3.03. The molecule has 33 heavy (non-hydrogen) atoms. The first-order valence-electron chi connectivity index (χ1n) is 11.1. The second-order valence-corrected chi connectivity index (χ2v) is 10.5. The second kappa shape index (κ2) is 9.85. The second-order valence-electron chi connectivity index (χ2n) is 8.78. The van der Waals surface area contributed by atoms with E-state index in [1.54, 1.807) is 36.4 Å². The molecule has 1 aliphatic rings. The minimum absolute atomic E-state index is 0.187. The zero-order chi connectivity index (χ0) is 23.3. The maximum Gasteiger partial charge on any atom is 0.261 e. The smallest absolute Gasteiger partial charge is 0.261 e. The lowest BCUT2D eigenvalue weighted by atomic mass is 10.0. The molecule has 0 amide bonds. The highest BCUT2D eigenvalue weighted by atomic mass is 32.2. The number of rotatable bonds is 10. The lowest BCUT2D eigenvalue weighted by Crippen LogP contribution is -2.24. The van der Waals surface area contributed by atoms with E-state index < -0.39 is 10.0 Å².